The van der Waals surface area contributed by atoms with Gasteiger partial charge >= 0.3 is 0 Å². The van der Waals surface area contributed by atoms with Gasteiger partial charge in [0.1, 0.15) is 17.5 Å². The van der Waals surface area contributed by atoms with Gasteiger partial charge in [0.05, 0.1) is 5.39 Å². The molecule has 7 nitrogen and oxygen atoms in total. The van der Waals surface area contributed by atoms with E-state index >= 15 is 0 Å². The molecule has 3 aromatic rings. The minimum absolute atomic E-state index is 0.0163. The molecule has 0 fully saturated rings. The van der Waals surface area contributed by atoms with E-state index in [1.165, 1.54) is 0 Å². The van der Waals surface area contributed by atoms with Crippen molar-refractivity contribution in [3.8, 4) is 17.2 Å². The van der Waals surface area contributed by atoms with E-state index in [4.69, 9.17) is 23.1 Å². The summed E-state index contributed by atoms with van der Waals surface area (Å²) in [5.41, 5.74) is 12.0. The van der Waals surface area contributed by atoms with Crippen molar-refractivity contribution >= 4 is 34.4 Å². The second-order valence-corrected chi connectivity index (χ2v) is 4.95. The van der Waals surface area contributed by atoms with Gasteiger partial charge in [0.25, 0.3) is 5.56 Å². The van der Waals surface area contributed by atoms with E-state index in [1.807, 2.05) is 6.07 Å². The summed E-state index contributed by atoms with van der Waals surface area (Å²) in [4.78, 5) is 22.6. The van der Waals surface area contributed by atoms with Crippen LogP contribution >= 0.6 is 11.6 Å². The molecule has 5 N–H and O–H groups in total. The van der Waals surface area contributed by atoms with Crippen LogP contribution in [-0.2, 0) is 0 Å². The van der Waals surface area contributed by atoms with E-state index in [9.17, 15) is 10.1 Å². The summed E-state index contributed by atoms with van der Waals surface area (Å²) in [6, 6.07) is 8.66. The molecule has 0 unspecified atom stereocenters. The number of H-pyrrole nitrogens is 1. The maximum Gasteiger partial charge on any atom is 0.262 e. The van der Waals surface area contributed by atoms with Crippen LogP contribution in [0.2, 0.25) is 5.02 Å². The Morgan fingerprint density at radius 2 is 1.86 bits per heavy atom. The molecule has 2 aromatic heterocycles. The van der Waals surface area contributed by atoms with Crippen LogP contribution in [-0.4, -0.2) is 15.0 Å². The van der Waals surface area contributed by atoms with Crippen LogP contribution in [0.3, 0.4) is 0 Å². The third kappa shape index (κ3) is 2.12. The van der Waals surface area contributed by atoms with Crippen molar-refractivity contribution in [2.24, 2.45) is 0 Å². The number of hydrogen-bond donors (Lipinski definition) is 3. The Morgan fingerprint density at radius 3 is 2.50 bits per heavy atom. The zero-order valence-corrected chi connectivity index (χ0v) is 11.8. The SMILES string of the molecule is N#Cc1c(N)nc2nc(N)[nH]c(=O)c2c1-c1ccc(Cl)cc1. The van der Waals surface area contributed by atoms with Crippen molar-refractivity contribution in [2.45, 2.75) is 0 Å². The van der Waals surface area contributed by atoms with Gasteiger partial charge in [-0.25, -0.2) is 4.98 Å². The lowest BCUT2D eigenvalue weighted by atomic mass is 9.98. The van der Waals surface area contributed by atoms with E-state index in [1.54, 1.807) is 24.3 Å². The zero-order chi connectivity index (χ0) is 15.9. The number of aromatic amines is 1. The number of halogens is 1. The molecule has 0 atom stereocenters. The Morgan fingerprint density at radius 1 is 1.18 bits per heavy atom. The number of nitrogens with zero attached hydrogens (tertiary/aromatic N) is 3. The molecule has 108 valence electrons. The van der Waals surface area contributed by atoms with Crippen LogP contribution in [0.4, 0.5) is 11.8 Å². The van der Waals surface area contributed by atoms with Gasteiger partial charge in [0.2, 0.25) is 5.95 Å². The van der Waals surface area contributed by atoms with E-state index in [-0.39, 0.29) is 28.4 Å². The van der Waals surface area contributed by atoms with Gasteiger partial charge in [-0.2, -0.15) is 10.2 Å². The molecule has 0 aliphatic rings. The van der Waals surface area contributed by atoms with Gasteiger partial charge in [-0.05, 0) is 17.7 Å². The topological polar surface area (TPSA) is 134 Å². The Labute approximate surface area is 129 Å². The molecule has 1 aromatic carbocycles. The summed E-state index contributed by atoms with van der Waals surface area (Å²) in [5.74, 6) is -0.0892. The van der Waals surface area contributed by atoms with Crippen molar-refractivity contribution < 1.29 is 0 Å². The molecular weight excluding hydrogens is 304 g/mol. The van der Waals surface area contributed by atoms with Crippen molar-refractivity contribution in [2.75, 3.05) is 11.5 Å². The van der Waals surface area contributed by atoms with Gasteiger partial charge in [-0.1, -0.05) is 23.7 Å². The van der Waals surface area contributed by atoms with Gasteiger partial charge in [0, 0.05) is 10.6 Å². The summed E-state index contributed by atoms with van der Waals surface area (Å²) in [6.45, 7) is 0. The molecule has 2 heterocycles. The molecule has 0 aliphatic carbocycles. The van der Waals surface area contributed by atoms with Crippen LogP contribution in [0.1, 0.15) is 5.56 Å². The average molecular weight is 313 g/mol. The largest absolute Gasteiger partial charge is 0.383 e. The van der Waals surface area contributed by atoms with Crippen LogP contribution in [0.25, 0.3) is 22.2 Å². The standard InChI is InChI=1S/C14H9ClN6O/c15-7-3-1-6(2-4-7)9-8(5-16)11(17)19-12-10(9)13(22)21-14(18)20-12/h1-4H,(H5,17,18,19,20,21,22). The summed E-state index contributed by atoms with van der Waals surface area (Å²) >= 11 is 5.88. The first-order chi connectivity index (χ1) is 10.5. The molecule has 0 bridgehead atoms. The molecular formula is C14H9ClN6O. The first-order valence-electron chi connectivity index (χ1n) is 6.16. The highest BCUT2D eigenvalue weighted by Crippen LogP contribution is 2.32. The Kier molecular flexibility index (Phi) is 3.16. The maximum absolute atomic E-state index is 12.2. The van der Waals surface area contributed by atoms with E-state index in [2.05, 4.69) is 15.0 Å². The van der Waals surface area contributed by atoms with Crippen molar-refractivity contribution in [3.05, 3.63) is 45.2 Å². The number of benzene rings is 1. The quantitative estimate of drug-likeness (QED) is 0.625. The first kappa shape index (κ1) is 13.9. The number of hydrogen-bond acceptors (Lipinski definition) is 6. The fourth-order valence-corrected chi connectivity index (χ4v) is 2.35. The number of pyridine rings is 1. The molecule has 0 saturated carbocycles. The molecule has 3 rings (SSSR count). The molecule has 0 amide bonds. The summed E-state index contributed by atoms with van der Waals surface area (Å²) in [7, 11) is 0. The minimum Gasteiger partial charge on any atom is -0.383 e. The third-order valence-corrected chi connectivity index (χ3v) is 3.40. The number of fused-ring (bicyclic) bond motifs is 1. The fraction of sp³-hybridized carbons (Fsp3) is 0. The highest BCUT2D eigenvalue weighted by molar-refractivity contribution is 6.30. The van der Waals surface area contributed by atoms with Crippen LogP contribution in [0.5, 0.6) is 0 Å². The Bertz CT molecular complexity index is 987. The van der Waals surface area contributed by atoms with Crippen LogP contribution in [0.15, 0.2) is 29.1 Å². The monoisotopic (exact) mass is 312 g/mol. The van der Waals surface area contributed by atoms with Gasteiger partial charge in [-0.3, -0.25) is 9.78 Å². The molecule has 8 heteroatoms. The van der Waals surface area contributed by atoms with Gasteiger partial charge in [0.15, 0.2) is 5.65 Å². The highest BCUT2D eigenvalue weighted by Gasteiger charge is 2.18. The van der Waals surface area contributed by atoms with Crippen LogP contribution in [0, 0.1) is 11.3 Å². The molecule has 22 heavy (non-hydrogen) atoms. The molecule has 0 radical (unpaired) electrons. The average Bonchev–Trinajstić information content (AvgIpc) is 2.46. The number of anilines is 2. The number of nitrogens with one attached hydrogen (secondary N) is 1. The Hall–Kier alpha value is -3.11. The summed E-state index contributed by atoms with van der Waals surface area (Å²) < 4.78 is 0. The lowest BCUT2D eigenvalue weighted by Crippen LogP contribution is -2.15. The smallest absolute Gasteiger partial charge is 0.262 e. The van der Waals surface area contributed by atoms with E-state index in [0.29, 0.717) is 16.1 Å². The highest BCUT2D eigenvalue weighted by atomic mass is 35.5. The van der Waals surface area contributed by atoms with Crippen molar-refractivity contribution in [1.29, 1.82) is 5.26 Å². The van der Waals surface area contributed by atoms with Crippen LogP contribution < -0.4 is 17.0 Å². The number of aromatic nitrogens is 3. The first-order valence-corrected chi connectivity index (χ1v) is 6.54. The third-order valence-electron chi connectivity index (χ3n) is 3.15. The predicted octanol–water partition coefficient (Wildman–Crippen LogP) is 1.67. The molecule has 0 aliphatic heterocycles. The lowest BCUT2D eigenvalue weighted by Gasteiger charge is -2.10. The normalized spacial score (nSPS) is 10.5. The van der Waals surface area contributed by atoms with Gasteiger partial charge < -0.3 is 11.5 Å². The van der Waals surface area contributed by atoms with Crippen molar-refractivity contribution in [1.82, 2.24) is 15.0 Å². The predicted molar refractivity (Wildman–Crippen MR) is 84.1 cm³/mol. The number of nitrogen functional groups attached to an aromatic ring is 2. The lowest BCUT2D eigenvalue weighted by molar-refractivity contribution is 1.16. The van der Waals surface area contributed by atoms with Crippen molar-refractivity contribution in [3.63, 3.8) is 0 Å². The second-order valence-electron chi connectivity index (χ2n) is 4.52. The van der Waals surface area contributed by atoms with E-state index in [0.717, 1.165) is 0 Å². The number of rotatable bonds is 1. The maximum atomic E-state index is 12.2. The number of nitrogens with two attached hydrogens (primary N) is 2. The summed E-state index contributed by atoms with van der Waals surface area (Å²) in [5, 5.41) is 10.1. The molecule has 0 spiro atoms. The summed E-state index contributed by atoms with van der Waals surface area (Å²) in [6.07, 6.45) is 0. The molecule has 0 saturated heterocycles. The van der Waals surface area contributed by atoms with E-state index < -0.39 is 5.56 Å². The Balaban J connectivity index is 2.53. The second kappa shape index (κ2) is 5.02. The number of nitriles is 1. The fourth-order valence-electron chi connectivity index (χ4n) is 2.23. The van der Waals surface area contributed by atoms with Gasteiger partial charge in [-0.15, -0.1) is 0 Å². The zero-order valence-electron chi connectivity index (χ0n) is 11.1. The minimum atomic E-state index is -0.489.